The molecule has 0 unspecified atom stereocenters. The van der Waals surface area contributed by atoms with Gasteiger partial charge in [0.15, 0.2) is 14.4 Å². The molecule has 5 nitrogen and oxygen atoms in total. The summed E-state index contributed by atoms with van der Waals surface area (Å²) in [5.41, 5.74) is 0. The van der Waals surface area contributed by atoms with Crippen LogP contribution in [0.3, 0.4) is 0 Å². The molecule has 2 atom stereocenters. The van der Waals surface area contributed by atoms with Crippen LogP contribution >= 0.6 is 0 Å². The van der Waals surface area contributed by atoms with E-state index in [1.165, 1.54) is 0 Å². The second-order valence-electron chi connectivity index (χ2n) is 10.5. The molecule has 0 aliphatic carbocycles. The maximum Gasteiger partial charge on any atom is 0.309 e. The third kappa shape index (κ3) is 6.58. The average molecular weight is 414 g/mol. The number of carbonyl (C=O) groups is 2. The molecule has 0 saturated carbocycles. The van der Waals surface area contributed by atoms with Crippen LogP contribution in [0.15, 0.2) is 0 Å². The van der Waals surface area contributed by atoms with Gasteiger partial charge >= 0.3 is 5.97 Å². The first-order valence-electron chi connectivity index (χ1n) is 10.8. The fraction of sp³-hybridized carbons (Fsp3) is 0.909. The summed E-state index contributed by atoms with van der Waals surface area (Å²) in [6, 6.07) is 0. The summed E-state index contributed by atoms with van der Waals surface area (Å²) >= 11 is 0. The minimum atomic E-state index is -1.80. The van der Waals surface area contributed by atoms with E-state index in [1.54, 1.807) is 0 Å². The molecule has 1 fully saturated rings. The summed E-state index contributed by atoms with van der Waals surface area (Å²) in [7, 11) is -1.80. The van der Waals surface area contributed by atoms with E-state index in [2.05, 4.69) is 33.9 Å². The van der Waals surface area contributed by atoms with Gasteiger partial charge in [0, 0.05) is 19.2 Å². The first-order valence-corrected chi connectivity index (χ1v) is 13.7. The maximum absolute atomic E-state index is 13.0. The van der Waals surface area contributed by atoms with Gasteiger partial charge < -0.3 is 14.1 Å². The van der Waals surface area contributed by atoms with Gasteiger partial charge in [-0.3, -0.25) is 9.59 Å². The van der Waals surface area contributed by atoms with Crippen molar-refractivity contribution in [1.29, 1.82) is 0 Å². The van der Waals surface area contributed by atoms with Gasteiger partial charge in [0.25, 0.3) is 5.91 Å². The molecule has 1 aliphatic heterocycles. The lowest BCUT2D eigenvalue weighted by Gasteiger charge is -2.42. The Morgan fingerprint density at radius 3 is 1.86 bits per heavy atom. The van der Waals surface area contributed by atoms with Crippen molar-refractivity contribution in [2.24, 2.45) is 17.8 Å². The van der Waals surface area contributed by atoms with E-state index in [4.69, 9.17) is 9.16 Å². The lowest BCUT2D eigenvalue weighted by atomic mass is 9.98. The van der Waals surface area contributed by atoms with Gasteiger partial charge in [0.2, 0.25) is 0 Å². The topological polar surface area (TPSA) is 55.8 Å². The van der Waals surface area contributed by atoms with Crippen molar-refractivity contribution in [3.05, 3.63) is 0 Å². The molecule has 0 spiro atoms. The summed E-state index contributed by atoms with van der Waals surface area (Å²) in [6.45, 7) is 22.3. The SMILES string of the molecule is CC(C)[C@H](OC(=O)[C@H](C)C(C)C)C(=O)N1CCC(O[Si](C)(C)C(C)(C)C)CC1. The van der Waals surface area contributed by atoms with Crippen LogP contribution in [0.2, 0.25) is 18.1 Å². The van der Waals surface area contributed by atoms with Crippen LogP contribution in [0, 0.1) is 17.8 Å². The Kier molecular flexibility index (Phi) is 8.76. The van der Waals surface area contributed by atoms with Crippen LogP contribution in [0.5, 0.6) is 0 Å². The van der Waals surface area contributed by atoms with Crippen LogP contribution in [-0.4, -0.2) is 50.4 Å². The second-order valence-corrected chi connectivity index (χ2v) is 15.3. The van der Waals surface area contributed by atoms with E-state index < -0.39 is 14.4 Å². The molecule has 1 rings (SSSR count). The molecule has 0 aromatic carbocycles. The summed E-state index contributed by atoms with van der Waals surface area (Å²) < 4.78 is 12.2. The van der Waals surface area contributed by atoms with Gasteiger partial charge in [-0.2, -0.15) is 0 Å². The highest BCUT2D eigenvalue weighted by molar-refractivity contribution is 6.74. The normalized spacial score (nSPS) is 19.1. The van der Waals surface area contributed by atoms with E-state index >= 15 is 0 Å². The van der Waals surface area contributed by atoms with Crippen LogP contribution < -0.4 is 0 Å². The van der Waals surface area contributed by atoms with Crippen molar-refractivity contribution < 1.29 is 18.8 Å². The predicted molar refractivity (Wildman–Crippen MR) is 117 cm³/mol. The Morgan fingerprint density at radius 1 is 0.964 bits per heavy atom. The van der Waals surface area contributed by atoms with Gasteiger partial charge in [-0.05, 0) is 42.8 Å². The van der Waals surface area contributed by atoms with Crippen LogP contribution in [0.1, 0.15) is 68.2 Å². The fourth-order valence-electron chi connectivity index (χ4n) is 2.94. The third-order valence-corrected chi connectivity index (χ3v) is 11.0. The van der Waals surface area contributed by atoms with Crippen molar-refractivity contribution in [3.63, 3.8) is 0 Å². The number of amides is 1. The largest absolute Gasteiger partial charge is 0.452 e. The van der Waals surface area contributed by atoms with Gasteiger partial charge in [0.05, 0.1) is 5.92 Å². The molecule has 28 heavy (non-hydrogen) atoms. The molecule has 1 heterocycles. The third-order valence-electron chi connectivity index (χ3n) is 6.48. The van der Waals surface area contributed by atoms with E-state index in [-0.39, 0.29) is 40.8 Å². The zero-order valence-corrected chi connectivity index (χ0v) is 20.8. The molecule has 0 aromatic heterocycles. The number of hydrogen-bond acceptors (Lipinski definition) is 4. The highest BCUT2D eigenvalue weighted by Gasteiger charge is 2.40. The second kappa shape index (κ2) is 9.75. The first kappa shape index (κ1) is 25.2. The molecule has 0 bridgehead atoms. The molecule has 6 heteroatoms. The smallest absolute Gasteiger partial charge is 0.309 e. The van der Waals surface area contributed by atoms with Crippen molar-refractivity contribution in [3.8, 4) is 0 Å². The zero-order valence-electron chi connectivity index (χ0n) is 19.8. The summed E-state index contributed by atoms with van der Waals surface area (Å²) in [4.78, 5) is 27.3. The van der Waals surface area contributed by atoms with Crippen molar-refractivity contribution in [2.45, 2.75) is 98.6 Å². The Labute approximate surface area is 173 Å². The predicted octanol–water partition coefficient (Wildman–Crippen LogP) is 4.86. The van der Waals surface area contributed by atoms with Crippen molar-refractivity contribution >= 4 is 20.2 Å². The average Bonchev–Trinajstić information content (AvgIpc) is 2.57. The summed E-state index contributed by atoms with van der Waals surface area (Å²) in [5.74, 6) is -0.406. The quantitative estimate of drug-likeness (QED) is 0.442. The minimum Gasteiger partial charge on any atom is -0.452 e. The Balaban J connectivity index is 2.68. The molecule has 0 N–H and O–H groups in total. The highest BCUT2D eigenvalue weighted by atomic mass is 28.4. The number of carbonyl (C=O) groups excluding carboxylic acids is 2. The standard InChI is InChI=1S/C22H43NO4Si/c1-15(2)17(5)21(25)26-19(16(3)4)20(24)23-13-11-18(12-14-23)27-28(9,10)22(6,7)8/h15-19H,11-14H2,1-10H3/t17-,19+/m1/s1. The summed E-state index contributed by atoms with van der Waals surface area (Å²) in [5, 5.41) is 0.185. The Bertz CT molecular complexity index is 531. The van der Waals surface area contributed by atoms with Crippen molar-refractivity contribution in [1.82, 2.24) is 4.90 Å². The highest BCUT2D eigenvalue weighted by Crippen LogP contribution is 2.38. The van der Waals surface area contributed by atoms with E-state index in [1.807, 2.05) is 39.5 Å². The fourth-order valence-corrected chi connectivity index (χ4v) is 4.37. The number of rotatable bonds is 7. The Morgan fingerprint density at radius 2 is 1.46 bits per heavy atom. The van der Waals surface area contributed by atoms with Crippen LogP contribution in [0.25, 0.3) is 0 Å². The van der Waals surface area contributed by atoms with Crippen LogP contribution in [-0.2, 0) is 18.8 Å². The maximum atomic E-state index is 13.0. The van der Waals surface area contributed by atoms with Gasteiger partial charge in [-0.1, -0.05) is 55.4 Å². The first-order chi connectivity index (χ1) is 12.7. The van der Waals surface area contributed by atoms with Crippen molar-refractivity contribution in [2.75, 3.05) is 13.1 Å². The number of ether oxygens (including phenoxy) is 1. The molecule has 164 valence electrons. The van der Waals surface area contributed by atoms with E-state index in [9.17, 15) is 9.59 Å². The number of nitrogens with zero attached hydrogens (tertiary/aromatic N) is 1. The Hall–Kier alpha value is -0.883. The number of hydrogen-bond donors (Lipinski definition) is 0. The monoisotopic (exact) mass is 413 g/mol. The molecule has 1 saturated heterocycles. The molecule has 0 radical (unpaired) electrons. The minimum absolute atomic E-state index is 0.0444. The molecular weight excluding hydrogens is 370 g/mol. The van der Waals surface area contributed by atoms with Crippen LogP contribution in [0.4, 0.5) is 0 Å². The summed E-state index contributed by atoms with van der Waals surface area (Å²) in [6.07, 6.45) is 1.20. The zero-order chi connectivity index (χ0) is 21.9. The molecule has 1 amide bonds. The van der Waals surface area contributed by atoms with Gasteiger partial charge in [-0.15, -0.1) is 0 Å². The lowest BCUT2D eigenvalue weighted by Crippen LogP contribution is -2.51. The molecule has 0 aromatic rings. The molecular formula is C22H43NO4Si. The molecule has 1 aliphatic rings. The number of esters is 1. The number of likely N-dealkylation sites (tertiary alicyclic amines) is 1. The van der Waals surface area contributed by atoms with Gasteiger partial charge in [0.1, 0.15) is 0 Å². The lowest BCUT2D eigenvalue weighted by molar-refractivity contribution is -0.168. The number of piperidine rings is 1. The van der Waals surface area contributed by atoms with E-state index in [0.29, 0.717) is 13.1 Å². The van der Waals surface area contributed by atoms with E-state index in [0.717, 1.165) is 12.8 Å². The van der Waals surface area contributed by atoms with Gasteiger partial charge in [-0.25, -0.2) is 0 Å².